The second-order valence-corrected chi connectivity index (χ2v) is 6.44. The van der Waals surface area contributed by atoms with Crippen LogP contribution in [0, 0.1) is 5.92 Å². The fourth-order valence-corrected chi connectivity index (χ4v) is 2.77. The zero-order chi connectivity index (χ0) is 19.3. The molecule has 9 heteroatoms. The molecule has 140 valence electrons. The van der Waals surface area contributed by atoms with E-state index < -0.39 is 29.9 Å². The number of hydrogen-bond acceptors (Lipinski definition) is 5. The Hall–Kier alpha value is -2.61. The maximum absolute atomic E-state index is 12.4. The molecule has 1 aliphatic heterocycles. The molecular formula is C17H20ClN3O5. The van der Waals surface area contributed by atoms with E-state index in [0.29, 0.717) is 36.5 Å². The third-order valence-corrected chi connectivity index (χ3v) is 4.37. The van der Waals surface area contributed by atoms with E-state index >= 15 is 0 Å². The Morgan fingerprint density at radius 1 is 1.19 bits per heavy atom. The number of rotatable bonds is 4. The van der Waals surface area contributed by atoms with Crippen LogP contribution in [0.1, 0.15) is 30.1 Å². The van der Waals surface area contributed by atoms with Crippen molar-refractivity contribution in [1.82, 2.24) is 10.2 Å². The van der Waals surface area contributed by atoms with Crippen LogP contribution < -0.4 is 11.1 Å². The van der Waals surface area contributed by atoms with Crippen molar-refractivity contribution in [1.29, 1.82) is 0 Å². The summed E-state index contributed by atoms with van der Waals surface area (Å²) in [6, 6.07) is 5.61. The van der Waals surface area contributed by atoms with Gasteiger partial charge in [0.1, 0.15) is 0 Å². The first kappa shape index (κ1) is 19.7. The Morgan fingerprint density at radius 3 is 2.31 bits per heavy atom. The number of urea groups is 1. The fourth-order valence-electron chi connectivity index (χ4n) is 2.64. The van der Waals surface area contributed by atoms with Gasteiger partial charge in [-0.15, -0.1) is 0 Å². The quantitative estimate of drug-likeness (QED) is 0.762. The molecule has 1 fully saturated rings. The number of benzene rings is 1. The van der Waals surface area contributed by atoms with Crippen molar-refractivity contribution < 1.29 is 23.9 Å². The van der Waals surface area contributed by atoms with E-state index in [1.54, 1.807) is 29.2 Å². The first-order valence-corrected chi connectivity index (χ1v) is 8.51. The maximum atomic E-state index is 12.4. The summed E-state index contributed by atoms with van der Waals surface area (Å²) < 4.78 is 5.07. The summed E-state index contributed by atoms with van der Waals surface area (Å²) in [5.41, 5.74) is 5.38. The van der Waals surface area contributed by atoms with Crippen molar-refractivity contribution in [2.75, 3.05) is 13.1 Å². The molecule has 0 radical (unpaired) electrons. The number of primary amides is 1. The highest BCUT2D eigenvalue weighted by Crippen LogP contribution is 2.21. The Labute approximate surface area is 155 Å². The number of imide groups is 1. The molecule has 1 saturated heterocycles. The highest BCUT2D eigenvalue weighted by atomic mass is 35.5. The number of piperidine rings is 1. The van der Waals surface area contributed by atoms with Gasteiger partial charge in [0.2, 0.25) is 0 Å². The lowest BCUT2D eigenvalue weighted by Crippen LogP contribution is -2.44. The molecule has 1 aromatic rings. The molecule has 8 nitrogen and oxygen atoms in total. The van der Waals surface area contributed by atoms with Crippen LogP contribution in [0.4, 0.5) is 4.79 Å². The molecule has 1 aliphatic rings. The van der Waals surface area contributed by atoms with E-state index in [2.05, 4.69) is 0 Å². The topological polar surface area (TPSA) is 119 Å². The summed E-state index contributed by atoms with van der Waals surface area (Å²) >= 11 is 5.82. The van der Waals surface area contributed by atoms with Gasteiger partial charge in [-0.2, -0.15) is 0 Å². The van der Waals surface area contributed by atoms with Crippen molar-refractivity contribution in [2.45, 2.75) is 25.9 Å². The third-order valence-electron chi connectivity index (χ3n) is 4.12. The lowest BCUT2D eigenvalue weighted by Gasteiger charge is -2.31. The van der Waals surface area contributed by atoms with Crippen molar-refractivity contribution in [3.05, 3.63) is 34.9 Å². The summed E-state index contributed by atoms with van der Waals surface area (Å²) in [6.07, 6.45) is -0.256. The number of nitrogens with one attached hydrogen (secondary N) is 1. The van der Waals surface area contributed by atoms with Gasteiger partial charge in [0, 0.05) is 23.7 Å². The SMILES string of the molecule is C[C@H](OC(=O)C1CCN(C(=O)c2ccc(Cl)cc2)CC1)C(=O)NC(N)=O. The van der Waals surface area contributed by atoms with Gasteiger partial charge in [-0.25, -0.2) is 4.79 Å². The predicted octanol–water partition coefficient (Wildman–Crippen LogP) is 1.32. The molecule has 3 N–H and O–H groups in total. The van der Waals surface area contributed by atoms with Gasteiger partial charge in [-0.3, -0.25) is 19.7 Å². The van der Waals surface area contributed by atoms with Gasteiger partial charge in [0.05, 0.1) is 5.92 Å². The molecule has 1 heterocycles. The number of amides is 4. The van der Waals surface area contributed by atoms with Crippen LogP contribution in [0.3, 0.4) is 0 Å². The largest absolute Gasteiger partial charge is 0.452 e. The minimum absolute atomic E-state index is 0.123. The highest BCUT2D eigenvalue weighted by molar-refractivity contribution is 6.30. The second-order valence-electron chi connectivity index (χ2n) is 6.01. The molecule has 0 aromatic heterocycles. The van der Waals surface area contributed by atoms with Crippen LogP contribution in [-0.4, -0.2) is 47.9 Å². The zero-order valence-corrected chi connectivity index (χ0v) is 15.0. The molecule has 0 spiro atoms. The smallest absolute Gasteiger partial charge is 0.318 e. The third kappa shape index (κ3) is 5.19. The van der Waals surface area contributed by atoms with Crippen molar-refractivity contribution in [3.8, 4) is 0 Å². The van der Waals surface area contributed by atoms with E-state index in [4.69, 9.17) is 22.1 Å². The summed E-state index contributed by atoms with van der Waals surface area (Å²) in [5, 5.41) is 2.41. The standard InChI is InChI=1S/C17H20ClN3O5/c1-10(14(22)20-17(19)25)26-16(24)12-6-8-21(9-7-12)15(23)11-2-4-13(18)5-3-11/h2-5,10,12H,6-9H2,1H3,(H3,19,20,22,25)/t10-/m0/s1. The van der Waals surface area contributed by atoms with Gasteiger partial charge in [0.25, 0.3) is 11.8 Å². The van der Waals surface area contributed by atoms with Crippen LogP contribution in [0.25, 0.3) is 0 Å². The number of carbonyl (C=O) groups is 4. The first-order valence-electron chi connectivity index (χ1n) is 8.13. The van der Waals surface area contributed by atoms with Gasteiger partial charge in [-0.05, 0) is 44.0 Å². The van der Waals surface area contributed by atoms with E-state index in [9.17, 15) is 19.2 Å². The van der Waals surface area contributed by atoms with Gasteiger partial charge in [0.15, 0.2) is 6.10 Å². The van der Waals surface area contributed by atoms with Gasteiger partial charge >= 0.3 is 12.0 Å². The molecule has 1 aromatic carbocycles. The summed E-state index contributed by atoms with van der Waals surface area (Å²) in [4.78, 5) is 48.4. The number of ether oxygens (including phenoxy) is 1. The van der Waals surface area contributed by atoms with E-state index in [1.165, 1.54) is 6.92 Å². The fraction of sp³-hybridized carbons (Fsp3) is 0.412. The number of halogens is 1. The lowest BCUT2D eigenvalue weighted by molar-refractivity contribution is -0.159. The number of hydrogen-bond donors (Lipinski definition) is 2. The molecular weight excluding hydrogens is 362 g/mol. The minimum Gasteiger partial charge on any atom is -0.452 e. The Balaban J connectivity index is 1.84. The summed E-state index contributed by atoms with van der Waals surface area (Å²) in [5.74, 6) is -1.84. The van der Waals surface area contributed by atoms with Crippen molar-refractivity contribution in [2.24, 2.45) is 11.7 Å². The normalized spacial score (nSPS) is 15.8. The van der Waals surface area contributed by atoms with Gasteiger partial charge < -0.3 is 15.4 Å². The highest BCUT2D eigenvalue weighted by Gasteiger charge is 2.30. The molecule has 0 unspecified atom stereocenters. The maximum Gasteiger partial charge on any atom is 0.318 e. The predicted molar refractivity (Wildman–Crippen MR) is 93.4 cm³/mol. The van der Waals surface area contributed by atoms with Crippen molar-refractivity contribution >= 4 is 35.4 Å². The molecule has 4 amide bonds. The Kier molecular flexibility index (Phi) is 6.57. The van der Waals surface area contributed by atoms with Crippen LogP contribution >= 0.6 is 11.6 Å². The van der Waals surface area contributed by atoms with Crippen LogP contribution in [0.5, 0.6) is 0 Å². The first-order chi connectivity index (χ1) is 12.3. The average Bonchev–Trinajstić information content (AvgIpc) is 2.61. The second kappa shape index (κ2) is 8.66. The number of esters is 1. The van der Waals surface area contributed by atoms with Crippen LogP contribution in [-0.2, 0) is 14.3 Å². The number of nitrogens with two attached hydrogens (primary N) is 1. The molecule has 1 atom stereocenters. The molecule has 0 saturated carbocycles. The Morgan fingerprint density at radius 2 is 1.77 bits per heavy atom. The lowest BCUT2D eigenvalue weighted by atomic mass is 9.96. The number of likely N-dealkylation sites (tertiary alicyclic amines) is 1. The van der Waals surface area contributed by atoms with Crippen LogP contribution in [0.15, 0.2) is 24.3 Å². The monoisotopic (exact) mass is 381 g/mol. The van der Waals surface area contributed by atoms with Crippen molar-refractivity contribution in [3.63, 3.8) is 0 Å². The van der Waals surface area contributed by atoms with E-state index in [1.807, 2.05) is 5.32 Å². The molecule has 0 aliphatic carbocycles. The van der Waals surface area contributed by atoms with Crippen LogP contribution in [0.2, 0.25) is 5.02 Å². The summed E-state index contributed by atoms with van der Waals surface area (Å²) in [6.45, 7) is 2.17. The molecule has 26 heavy (non-hydrogen) atoms. The minimum atomic E-state index is -1.12. The van der Waals surface area contributed by atoms with E-state index in [0.717, 1.165) is 0 Å². The molecule has 0 bridgehead atoms. The zero-order valence-electron chi connectivity index (χ0n) is 14.2. The van der Waals surface area contributed by atoms with Gasteiger partial charge in [-0.1, -0.05) is 11.6 Å². The Bertz CT molecular complexity index is 699. The number of carbonyl (C=O) groups excluding carboxylic acids is 4. The molecule has 2 rings (SSSR count). The van der Waals surface area contributed by atoms with E-state index in [-0.39, 0.29) is 5.91 Å². The summed E-state index contributed by atoms with van der Waals surface area (Å²) in [7, 11) is 0. The number of nitrogens with zero attached hydrogens (tertiary/aromatic N) is 1. The average molecular weight is 382 g/mol.